The molecular weight excluding hydrogens is 310 g/mol. The number of halogens is 1. The van der Waals surface area contributed by atoms with Gasteiger partial charge in [-0.1, -0.05) is 0 Å². The minimum Gasteiger partial charge on any atom is -0.395 e. The zero-order chi connectivity index (χ0) is 14.2. The number of rotatable bonds is 3. The molecule has 102 valence electrons. The molecule has 1 N–H and O–H groups in total. The molecule has 0 radical (unpaired) electrons. The van der Waals surface area contributed by atoms with E-state index in [2.05, 4.69) is 20.9 Å². The Bertz CT molecular complexity index is 636. The molecule has 1 amide bonds. The van der Waals surface area contributed by atoms with Gasteiger partial charge in [-0.05, 0) is 41.4 Å². The maximum Gasteiger partial charge on any atom is 0.272 e. The van der Waals surface area contributed by atoms with Crippen LogP contribution in [0.25, 0.3) is 5.65 Å². The van der Waals surface area contributed by atoms with Crippen molar-refractivity contribution in [3.8, 4) is 0 Å². The molecule has 0 aromatic carbocycles. The number of aliphatic hydroxyl groups is 1. The summed E-state index contributed by atoms with van der Waals surface area (Å²) in [7, 11) is 1.67. The van der Waals surface area contributed by atoms with Gasteiger partial charge >= 0.3 is 0 Å². The van der Waals surface area contributed by atoms with E-state index in [0.29, 0.717) is 17.9 Å². The maximum absolute atomic E-state index is 12.4. The van der Waals surface area contributed by atoms with Crippen molar-refractivity contribution >= 4 is 27.5 Å². The van der Waals surface area contributed by atoms with Gasteiger partial charge in [0.2, 0.25) is 0 Å². The highest BCUT2D eigenvalue weighted by molar-refractivity contribution is 9.10. The van der Waals surface area contributed by atoms with Crippen LogP contribution in [0.1, 0.15) is 21.7 Å². The molecule has 0 bridgehead atoms. The fourth-order valence-electron chi connectivity index (χ4n) is 2.04. The third-order valence-corrected chi connectivity index (χ3v) is 3.55. The van der Waals surface area contributed by atoms with E-state index in [0.717, 1.165) is 15.7 Å². The average molecular weight is 326 g/mol. The molecule has 6 heteroatoms. The van der Waals surface area contributed by atoms with Crippen molar-refractivity contribution in [1.82, 2.24) is 14.3 Å². The van der Waals surface area contributed by atoms with E-state index in [1.54, 1.807) is 11.4 Å². The zero-order valence-corrected chi connectivity index (χ0v) is 12.7. The molecule has 0 aliphatic heterocycles. The van der Waals surface area contributed by atoms with Crippen LogP contribution in [0.3, 0.4) is 0 Å². The molecule has 0 saturated heterocycles. The van der Waals surface area contributed by atoms with Crippen molar-refractivity contribution in [2.24, 2.45) is 0 Å². The van der Waals surface area contributed by atoms with Crippen molar-refractivity contribution in [2.75, 3.05) is 20.2 Å². The van der Waals surface area contributed by atoms with Gasteiger partial charge < -0.3 is 10.0 Å². The fourth-order valence-corrected chi connectivity index (χ4v) is 2.68. The monoisotopic (exact) mass is 325 g/mol. The summed E-state index contributed by atoms with van der Waals surface area (Å²) in [4.78, 5) is 18.3. The summed E-state index contributed by atoms with van der Waals surface area (Å²) in [6.07, 6.45) is 1.89. The van der Waals surface area contributed by atoms with Crippen molar-refractivity contribution in [3.05, 3.63) is 33.7 Å². The standard InChI is InChI=1S/C13H16BrN3O2/c1-8-6-10(14)12-15-9(2)11(17(12)7-8)13(19)16(3)4-5-18/h6-7,18H,4-5H2,1-3H3. The van der Waals surface area contributed by atoms with Gasteiger partial charge in [0, 0.05) is 19.8 Å². The molecule has 19 heavy (non-hydrogen) atoms. The quantitative estimate of drug-likeness (QED) is 0.935. The lowest BCUT2D eigenvalue weighted by atomic mass is 10.3. The highest BCUT2D eigenvalue weighted by atomic mass is 79.9. The molecular formula is C13H16BrN3O2. The summed E-state index contributed by atoms with van der Waals surface area (Å²) in [6.45, 7) is 4.03. The van der Waals surface area contributed by atoms with Crippen molar-refractivity contribution in [1.29, 1.82) is 0 Å². The van der Waals surface area contributed by atoms with E-state index in [4.69, 9.17) is 5.11 Å². The summed E-state index contributed by atoms with van der Waals surface area (Å²) < 4.78 is 2.66. The Labute approximate surface area is 120 Å². The van der Waals surface area contributed by atoms with Gasteiger partial charge in [0.25, 0.3) is 5.91 Å². The summed E-state index contributed by atoms with van der Waals surface area (Å²) >= 11 is 3.46. The minimum absolute atomic E-state index is 0.0548. The van der Waals surface area contributed by atoms with E-state index >= 15 is 0 Å². The molecule has 2 aromatic heterocycles. The van der Waals surface area contributed by atoms with Crippen LogP contribution >= 0.6 is 15.9 Å². The van der Waals surface area contributed by atoms with E-state index in [1.165, 1.54) is 4.90 Å². The van der Waals surface area contributed by atoms with Crippen LogP contribution in [0.15, 0.2) is 16.7 Å². The number of likely N-dealkylation sites (N-methyl/N-ethyl adjacent to an activating group) is 1. The SMILES string of the molecule is Cc1cc(Br)c2nc(C)c(C(=O)N(C)CCO)n2c1. The number of imidazole rings is 1. The lowest BCUT2D eigenvalue weighted by molar-refractivity contribution is 0.0759. The normalized spacial score (nSPS) is 11.0. The number of aromatic nitrogens is 2. The van der Waals surface area contributed by atoms with Crippen LogP contribution < -0.4 is 0 Å². The lowest BCUT2D eigenvalue weighted by Gasteiger charge is -2.16. The molecule has 0 saturated carbocycles. The van der Waals surface area contributed by atoms with Crippen molar-refractivity contribution in [2.45, 2.75) is 13.8 Å². The highest BCUT2D eigenvalue weighted by Gasteiger charge is 2.21. The van der Waals surface area contributed by atoms with Crippen LogP contribution in [-0.4, -0.2) is 45.5 Å². The smallest absolute Gasteiger partial charge is 0.272 e. The number of fused-ring (bicyclic) bond motifs is 1. The average Bonchev–Trinajstić information content (AvgIpc) is 2.65. The molecule has 0 spiro atoms. The van der Waals surface area contributed by atoms with E-state index in [1.807, 2.05) is 26.1 Å². The summed E-state index contributed by atoms with van der Waals surface area (Å²) in [5.74, 6) is -0.142. The lowest BCUT2D eigenvalue weighted by Crippen LogP contribution is -2.30. The van der Waals surface area contributed by atoms with Crippen LogP contribution in [0.5, 0.6) is 0 Å². The number of hydrogen-bond donors (Lipinski definition) is 1. The van der Waals surface area contributed by atoms with Crippen LogP contribution in [-0.2, 0) is 0 Å². The molecule has 0 atom stereocenters. The van der Waals surface area contributed by atoms with Gasteiger partial charge in [0.15, 0.2) is 5.65 Å². The largest absolute Gasteiger partial charge is 0.395 e. The van der Waals surface area contributed by atoms with Crippen molar-refractivity contribution in [3.63, 3.8) is 0 Å². The first-order valence-corrected chi connectivity index (χ1v) is 6.76. The Morgan fingerprint density at radius 2 is 2.21 bits per heavy atom. The minimum atomic E-state index is -0.142. The molecule has 2 heterocycles. The van der Waals surface area contributed by atoms with Crippen LogP contribution in [0.4, 0.5) is 0 Å². The Kier molecular flexibility index (Phi) is 3.91. The second-order valence-electron chi connectivity index (χ2n) is 4.56. The maximum atomic E-state index is 12.4. The Morgan fingerprint density at radius 1 is 1.53 bits per heavy atom. The van der Waals surface area contributed by atoms with Gasteiger partial charge in [-0.15, -0.1) is 0 Å². The third kappa shape index (κ3) is 2.50. The van der Waals surface area contributed by atoms with Gasteiger partial charge in [-0.2, -0.15) is 0 Å². The van der Waals surface area contributed by atoms with Crippen LogP contribution in [0, 0.1) is 13.8 Å². The first-order valence-electron chi connectivity index (χ1n) is 5.97. The number of aliphatic hydroxyl groups excluding tert-OH is 1. The second kappa shape index (κ2) is 5.30. The Hall–Kier alpha value is -1.40. The summed E-state index contributed by atoms with van der Waals surface area (Å²) in [5, 5.41) is 8.93. The second-order valence-corrected chi connectivity index (χ2v) is 5.41. The Morgan fingerprint density at radius 3 is 2.84 bits per heavy atom. The van der Waals surface area contributed by atoms with Crippen molar-refractivity contribution < 1.29 is 9.90 Å². The third-order valence-electron chi connectivity index (χ3n) is 2.97. The van der Waals surface area contributed by atoms with Gasteiger partial charge in [0.1, 0.15) is 5.69 Å². The number of carbonyl (C=O) groups is 1. The predicted molar refractivity (Wildman–Crippen MR) is 76.4 cm³/mol. The number of carbonyl (C=O) groups excluding carboxylic acids is 1. The van der Waals surface area contributed by atoms with E-state index in [9.17, 15) is 4.79 Å². The molecule has 0 aliphatic carbocycles. The molecule has 0 fully saturated rings. The van der Waals surface area contributed by atoms with E-state index in [-0.39, 0.29) is 12.5 Å². The number of amides is 1. The van der Waals surface area contributed by atoms with Crippen LogP contribution in [0.2, 0.25) is 0 Å². The first kappa shape index (κ1) is 14.0. The molecule has 2 rings (SSSR count). The molecule has 0 aliphatic rings. The topological polar surface area (TPSA) is 57.8 Å². The number of pyridine rings is 1. The summed E-state index contributed by atoms with van der Waals surface area (Å²) in [6, 6.07) is 1.97. The number of aryl methyl sites for hydroxylation is 2. The molecule has 5 nitrogen and oxygen atoms in total. The van der Waals surface area contributed by atoms with E-state index < -0.39 is 0 Å². The predicted octanol–water partition coefficient (Wildman–Crippen LogP) is 1.78. The molecule has 0 unspecified atom stereocenters. The Balaban J connectivity index is 2.60. The number of nitrogens with zero attached hydrogens (tertiary/aromatic N) is 3. The van der Waals surface area contributed by atoms with Gasteiger partial charge in [-0.3, -0.25) is 9.20 Å². The summed E-state index contributed by atoms with van der Waals surface area (Å²) in [5.41, 5.74) is 2.98. The highest BCUT2D eigenvalue weighted by Crippen LogP contribution is 2.22. The van der Waals surface area contributed by atoms with Gasteiger partial charge in [0.05, 0.1) is 16.8 Å². The zero-order valence-electron chi connectivity index (χ0n) is 11.1. The molecule has 2 aromatic rings. The van der Waals surface area contributed by atoms with Gasteiger partial charge in [-0.25, -0.2) is 4.98 Å². The first-order chi connectivity index (χ1) is 8.95. The fraction of sp³-hybridized carbons (Fsp3) is 0.385. The number of hydrogen-bond acceptors (Lipinski definition) is 3.